The predicted octanol–water partition coefficient (Wildman–Crippen LogP) is 5.26. The van der Waals surface area contributed by atoms with Crippen molar-refractivity contribution in [3.8, 4) is 11.5 Å². The lowest BCUT2D eigenvalue weighted by molar-refractivity contribution is -0.154. The number of carbonyl (C=O) groups excluding carboxylic acids is 3. The van der Waals surface area contributed by atoms with Gasteiger partial charge in [-0.3, -0.25) is 14.4 Å². The van der Waals surface area contributed by atoms with E-state index in [9.17, 15) is 31.6 Å². The van der Waals surface area contributed by atoms with E-state index in [0.717, 1.165) is 18.2 Å². The summed E-state index contributed by atoms with van der Waals surface area (Å²) in [6.45, 7) is 1.81. The Balaban J connectivity index is 1.51. The number of anilines is 1. The van der Waals surface area contributed by atoms with Crippen LogP contribution in [0.1, 0.15) is 55.8 Å². The second-order valence-electron chi connectivity index (χ2n) is 11.8. The molecule has 0 aromatic heterocycles. The Morgan fingerprint density at radius 3 is 2.28 bits per heavy atom. The summed E-state index contributed by atoms with van der Waals surface area (Å²) in [6.07, 6.45) is 1.53. The maximum Gasteiger partial charge on any atom is 0.398 e. The maximum absolute atomic E-state index is 15.1. The average molecular weight is 797 g/mol. The van der Waals surface area contributed by atoms with E-state index >= 15 is 4.39 Å². The second kappa shape index (κ2) is 14.6. The maximum atomic E-state index is 15.1. The van der Waals surface area contributed by atoms with Crippen molar-refractivity contribution < 1.29 is 54.9 Å². The number of esters is 1. The first-order valence-corrected chi connectivity index (χ1v) is 17.3. The number of hydrogen-bond donors (Lipinski definition) is 2. The minimum Gasteiger partial charge on any atom is -0.496 e. The Bertz CT molecular complexity index is 1610. The normalized spacial score (nSPS) is 24.7. The van der Waals surface area contributed by atoms with Gasteiger partial charge in [-0.05, 0) is 69.7 Å². The van der Waals surface area contributed by atoms with Gasteiger partial charge in [0.05, 0.1) is 54.3 Å². The molecule has 2 aliphatic rings. The summed E-state index contributed by atoms with van der Waals surface area (Å²) in [5.41, 5.74) is -0.748. The molecule has 0 saturated heterocycles. The SMILES string of the molecule is COC(=O)C1(C)CCC(Oc2cc(C(=O)N[C@@H]3[C@@H](OC)CC[C@@H]3C(=O)Nc3cccc(S(=O)(=O)C(F)(F)I)c3)c(OC)cc2F)CC1. The smallest absolute Gasteiger partial charge is 0.398 e. The van der Waals surface area contributed by atoms with Gasteiger partial charge in [0, 0.05) is 41.5 Å². The number of ether oxygens (including phenoxy) is 4. The number of rotatable bonds is 11. The molecule has 2 amide bonds. The molecule has 0 aliphatic heterocycles. The van der Waals surface area contributed by atoms with Crippen LogP contribution in [0.4, 0.5) is 18.9 Å². The highest BCUT2D eigenvalue weighted by molar-refractivity contribution is 14.1. The van der Waals surface area contributed by atoms with Crippen molar-refractivity contribution in [1.82, 2.24) is 5.32 Å². The number of benzene rings is 2. The highest BCUT2D eigenvalue weighted by atomic mass is 127. The van der Waals surface area contributed by atoms with Crippen LogP contribution in [0.25, 0.3) is 0 Å². The first-order valence-electron chi connectivity index (χ1n) is 14.7. The van der Waals surface area contributed by atoms with Crippen LogP contribution in [0.3, 0.4) is 0 Å². The molecule has 2 aliphatic carbocycles. The largest absolute Gasteiger partial charge is 0.496 e. The van der Waals surface area contributed by atoms with Crippen LogP contribution in [0.15, 0.2) is 41.3 Å². The number of hydrogen-bond acceptors (Lipinski definition) is 9. The highest BCUT2D eigenvalue weighted by Gasteiger charge is 2.44. The van der Waals surface area contributed by atoms with Gasteiger partial charge in [0.1, 0.15) is 5.75 Å². The summed E-state index contributed by atoms with van der Waals surface area (Å²) in [6, 6.07) is 5.89. The van der Waals surface area contributed by atoms with E-state index in [-0.39, 0.29) is 35.1 Å². The first kappa shape index (κ1) is 36.7. The van der Waals surface area contributed by atoms with E-state index in [1.165, 1.54) is 39.5 Å². The molecule has 0 radical (unpaired) electrons. The number of sulfone groups is 1. The number of nitrogens with one attached hydrogen (secondary N) is 2. The van der Waals surface area contributed by atoms with Crippen molar-refractivity contribution >= 4 is 55.9 Å². The van der Waals surface area contributed by atoms with Crippen LogP contribution in [0.2, 0.25) is 0 Å². The molecule has 4 rings (SSSR count). The van der Waals surface area contributed by atoms with E-state index in [4.69, 9.17) is 18.9 Å². The Hall–Kier alpha value is -3.12. The fourth-order valence-corrected chi connectivity index (χ4v) is 7.57. The fourth-order valence-electron chi connectivity index (χ4n) is 6.00. The summed E-state index contributed by atoms with van der Waals surface area (Å²) in [7, 11) is -0.979. The zero-order chi connectivity index (χ0) is 34.7. The molecule has 2 N–H and O–H groups in total. The van der Waals surface area contributed by atoms with Gasteiger partial charge in [-0.15, -0.1) is 0 Å². The van der Waals surface area contributed by atoms with Crippen LogP contribution in [-0.4, -0.2) is 69.0 Å². The van der Waals surface area contributed by atoms with E-state index < -0.39 is 65.2 Å². The van der Waals surface area contributed by atoms with Crippen LogP contribution >= 0.6 is 22.6 Å². The molecule has 2 aromatic rings. The number of halogens is 4. The lowest BCUT2D eigenvalue weighted by Crippen LogP contribution is -2.48. The van der Waals surface area contributed by atoms with Gasteiger partial charge in [0.15, 0.2) is 11.6 Å². The average Bonchev–Trinajstić information content (AvgIpc) is 3.44. The third-order valence-electron chi connectivity index (χ3n) is 8.76. The minimum atomic E-state index is -5.00. The van der Waals surface area contributed by atoms with Crippen LogP contribution in [-0.2, 0) is 28.9 Å². The van der Waals surface area contributed by atoms with Crippen molar-refractivity contribution in [2.75, 3.05) is 26.6 Å². The topological polar surface area (TPSA) is 146 Å². The molecule has 0 bridgehead atoms. The quantitative estimate of drug-likeness (QED) is 0.177. The van der Waals surface area contributed by atoms with Crippen LogP contribution in [0, 0.1) is 17.2 Å². The molecule has 258 valence electrons. The van der Waals surface area contributed by atoms with Crippen molar-refractivity contribution in [2.45, 2.75) is 71.9 Å². The molecule has 0 unspecified atom stereocenters. The number of methoxy groups -OCH3 is 3. The lowest BCUT2D eigenvalue weighted by Gasteiger charge is -2.35. The first-order chi connectivity index (χ1) is 22.0. The molecule has 0 spiro atoms. The van der Waals surface area contributed by atoms with Gasteiger partial charge in [0.2, 0.25) is 5.91 Å². The molecule has 47 heavy (non-hydrogen) atoms. The van der Waals surface area contributed by atoms with E-state index in [0.29, 0.717) is 54.7 Å². The number of carbonyl (C=O) groups is 3. The van der Waals surface area contributed by atoms with Gasteiger partial charge >= 0.3 is 9.23 Å². The Kier molecular flexibility index (Phi) is 11.4. The fraction of sp³-hybridized carbons (Fsp3) is 0.516. The van der Waals surface area contributed by atoms with Crippen molar-refractivity contribution in [2.24, 2.45) is 11.3 Å². The molecule has 16 heteroatoms. The number of amides is 2. The molecule has 11 nitrogen and oxygen atoms in total. The van der Waals surface area contributed by atoms with Gasteiger partial charge < -0.3 is 29.6 Å². The molecule has 0 heterocycles. The van der Waals surface area contributed by atoms with E-state index in [2.05, 4.69) is 10.6 Å². The molecule has 3 atom stereocenters. The zero-order valence-corrected chi connectivity index (χ0v) is 29.1. The van der Waals surface area contributed by atoms with Gasteiger partial charge in [-0.1, -0.05) is 6.07 Å². The Morgan fingerprint density at radius 2 is 1.68 bits per heavy atom. The molecular formula is C31H36F3IN2O9S. The van der Waals surface area contributed by atoms with Gasteiger partial charge in [-0.25, -0.2) is 12.8 Å². The Morgan fingerprint density at radius 1 is 1.00 bits per heavy atom. The number of alkyl halides is 3. The monoisotopic (exact) mass is 796 g/mol. The minimum absolute atomic E-state index is 0.0284. The zero-order valence-electron chi connectivity index (χ0n) is 26.1. The summed E-state index contributed by atoms with van der Waals surface area (Å²) >= 11 is 0.527. The Labute approximate surface area is 284 Å². The third kappa shape index (κ3) is 7.96. The predicted molar refractivity (Wildman–Crippen MR) is 172 cm³/mol. The molecular weight excluding hydrogens is 760 g/mol. The summed E-state index contributed by atoms with van der Waals surface area (Å²) in [5.74, 6) is -3.48. The third-order valence-corrected chi connectivity index (χ3v) is 12.0. The van der Waals surface area contributed by atoms with Crippen molar-refractivity contribution in [3.05, 3.63) is 47.8 Å². The van der Waals surface area contributed by atoms with E-state index in [1.807, 2.05) is 6.92 Å². The van der Waals surface area contributed by atoms with Crippen LogP contribution < -0.4 is 20.1 Å². The molecule has 2 fully saturated rings. The van der Waals surface area contributed by atoms with E-state index in [1.54, 1.807) is 0 Å². The summed E-state index contributed by atoms with van der Waals surface area (Å²) in [5, 5.41) is 5.35. The standard InChI is InChI=1S/C31H36F3IN2O9S/c1-30(29(40)45-4)12-10-18(11-13-30)46-25-15-21(24(44-3)16-22(25)32)28(39)37-26-20(8-9-23(26)43-2)27(38)36-17-6-5-7-19(14-17)47(41,42)31(33,34)35/h5-7,14-16,18,20,23,26H,8-13H2,1-4H3,(H,36,38)(H,37,39)/t18?,20-,23-,26-,30?/m0/s1. The van der Waals surface area contributed by atoms with Crippen molar-refractivity contribution in [1.29, 1.82) is 0 Å². The van der Waals surface area contributed by atoms with Crippen molar-refractivity contribution in [3.63, 3.8) is 0 Å². The molecule has 2 saturated carbocycles. The van der Waals surface area contributed by atoms with Gasteiger partial charge in [0.25, 0.3) is 15.7 Å². The van der Waals surface area contributed by atoms with Crippen LogP contribution in [0.5, 0.6) is 11.5 Å². The summed E-state index contributed by atoms with van der Waals surface area (Å²) in [4.78, 5) is 38.5. The highest BCUT2D eigenvalue weighted by Crippen LogP contribution is 2.40. The molecule has 2 aromatic carbocycles. The second-order valence-corrected chi connectivity index (χ2v) is 15.9. The lowest BCUT2D eigenvalue weighted by atomic mass is 9.75. The summed E-state index contributed by atoms with van der Waals surface area (Å²) < 4.78 is 84.5. The van der Waals surface area contributed by atoms with Gasteiger partial charge in [-0.2, -0.15) is 8.78 Å².